The van der Waals surface area contributed by atoms with Gasteiger partial charge in [-0.3, -0.25) is 0 Å². The molecule has 0 aromatic heterocycles. The molecule has 16 rings (SSSR count). The molecule has 0 unspecified atom stereocenters. The lowest BCUT2D eigenvalue weighted by Crippen LogP contribution is -2.94. The first-order valence-corrected chi connectivity index (χ1v) is 48.5. The Morgan fingerprint density at radius 3 is 0.455 bits per heavy atom. The molecule has 6 aliphatic rings. The van der Waals surface area contributed by atoms with Gasteiger partial charge < -0.3 is 57.6 Å². The fourth-order valence-electron chi connectivity index (χ4n) is 11.6. The van der Waals surface area contributed by atoms with Gasteiger partial charge in [0.05, 0.1) is 0 Å². The van der Waals surface area contributed by atoms with Gasteiger partial charge in [0.25, 0.3) is 0 Å². The van der Waals surface area contributed by atoms with Crippen LogP contribution in [-0.2, 0) is 57.6 Å². The molecule has 10 aromatic rings. The highest BCUT2D eigenvalue weighted by Crippen LogP contribution is 2.47. The second-order valence-electron chi connectivity index (χ2n) is 21.7. The Labute approximate surface area is 537 Å². The van der Waals surface area contributed by atoms with E-state index < -0.39 is 87.6 Å². The van der Waals surface area contributed by atoms with Crippen LogP contribution in [0.5, 0.6) is 0 Å². The minimum Gasteiger partial charge on any atom is -0.387 e. The van der Waals surface area contributed by atoms with Crippen molar-refractivity contribution in [1.82, 2.24) is 0 Å². The molecule has 88 heavy (non-hydrogen) atoms. The highest BCUT2D eigenvalue weighted by molar-refractivity contribution is 9.10. The Hall–Kier alpha value is -5.23. The van der Waals surface area contributed by atoms with Crippen molar-refractivity contribution in [3.63, 3.8) is 0 Å². The third-order valence-electron chi connectivity index (χ3n) is 15.8. The van der Waals surface area contributed by atoms with Gasteiger partial charge in [0, 0.05) is 50.4 Å². The van der Waals surface area contributed by atoms with E-state index in [1.54, 1.807) is 0 Å². The summed E-state index contributed by atoms with van der Waals surface area (Å²) in [5, 5.41) is 5.38. The zero-order chi connectivity index (χ0) is 59.8. The molecule has 0 amide bonds. The van der Waals surface area contributed by atoms with E-state index in [1.807, 2.05) is 304 Å². The van der Waals surface area contributed by atoms with Crippen LogP contribution < -0.4 is 51.9 Å². The molecule has 0 radical (unpaired) electrons. The second-order valence-corrected chi connectivity index (χ2v) is 53.4. The molecule has 10 aromatic carbocycles. The van der Waals surface area contributed by atoms with E-state index in [9.17, 15) is 0 Å². The van der Waals surface area contributed by atoms with Gasteiger partial charge in [-0.2, -0.15) is 0 Å². The standard InChI is InChI=1S/C62H54Br2O14Si10/c1-79(53-47-43-51(63)44-48-53)65-81(55-27-11-3-12-28-55)69-85(59-35-19-7-20-36-59)73-83(57-31-15-5-16-32-57)67-80(2,54-49-45-52(64)46-50-54)68-84(58-33-17-6-18-34-58)75-87(77-85,61-39-23-9-24-40-61)71-82(66-79,56-29-13-4-14-30-56)72-88(76-84,62-41-25-10-26-42-62)78-86(70-81,74-83)60-37-21-8-22-38-60/h3-50H,1-2H3. The highest BCUT2D eigenvalue weighted by atomic mass is 79.9. The Morgan fingerprint density at radius 1 is 0.170 bits per heavy atom. The fraction of sp³-hybridized carbons (Fsp3) is 0.0323. The van der Waals surface area contributed by atoms with Gasteiger partial charge in [0.2, 0.25) is 0 Å². The molecule has 0 atom stereocenters. The molecule has 0 aliphatic carbocycles. The predicted octanol–water partition coefficient (Wildman–Crippen LogP) is 6.54. The summed E-state index contributed by atoms with van der Waals surface area (Å²) in [4.78, 5) is 0. The van der Waals surface area contributed by atoms with Crippen LogP contribution in [0, 0.1) is 0 Å². The van der Waals surface area contributed by atoms with Crippen molar-refractivity contribution in [2.75, 3.05) is 0 Å². The number of hydrogen-bond acceptors (Lipinski definition) is 14. The summed E-state index contributed by atoms with van der Waals surface area (Å²) in [6.07, 6.45) is 0. The fourth-order valence-corrected chi connectivity index (χ4v) is 68.1. The molecular weight excluding hydrogens is 1410 g/mol. The first-order valence-electron chi connectivity index (χ1n) is 28.5. The lowest BCUT2D eigenvalue weighted by atomic mass is 10.4. The molecule has 6 fully saturated rings. The van der Waals surface area contributed by atoms with Gasteiger partial charge in [0.15, 0.2) is 0 Å². The molecule has 8 bridgehead atoms. The van der Waals surface area contributed by atoms with Crippen molar-refractivity contribution in [2.24, 2.45) is 0 Å². The first-order chi connectivity index (χ1) is 42.7. The molecular formula is C62H54Br2O14Si10. The van der Waals surface area contributed by atoms with Gasteiger partial charge in [0.1, 0.15) is 0 Å². The van der Waals surface area contributed by atoms with Crippen LogP contribution in [0.2, 0.25) is 13.1 Å². The summed E-state index contributed by atoms with van der Waals surface area (Å²) in [6, 6.07) is 93.4. The van der Waals surface area contributed by atoms with Gasteiger partial charge in [-0.15, -0.1) is 0 Å². The van der Waals surface area contributed by atoms with Crippen molar-refractivity contribution in [1.29, 1.82) is 0 Å². The summed E-state index contributed by atoms with van der Waals surface area (Å²) < 4.78 is 122. The monoisotopic (exact) mass is 1460 g/mol. The molecule has 6 heterocycles. The van der Waals surface area contributed by atoms with Gasteiger partial charge in [-0.25, -0.2) is 0 Å². The summed E-state index contributed by atoms with van der Waals surface area (Å²) in [5.41, 5.74) is 0. The number of fused-ring (bicyclic) bond motifs is 4. The smallest absolute Gasteiger partial charge is 0.387 e. The Balaban J connectivity index is 1.23. The minimum absolute atomic E-state index is 0.481. The van der Waals surface area contributed by atoms with Crippen LogP contribution in [0.15, 0.2) is 300 Å². The van der Waals surface area contributed by atoms with Crippen LogP contribution in [0.25, 0.3) is 0 Å². The van der Waals surface area contributed by atoms with E-state index in [1.165, 1.54) is 0 Å². The number of rotatable bonds is 10. The average Bonchev–Trinajstić information content (AvgIpc) is 0.695. The molecule has 6 saturated heterocycles. The van der Waals surface area contributed by atoms with E-state index >= 15 is 0 Å². The van der Waals surface area contributed by atoms with Crippen molar-refractivity contribution in [3.05, 3.63) is 300 Å². The predicted molar refractivity (Wildman–Crippen MR) is 361 cm³/mol. The molecule has 6 aliphatic heterocycles. The van der Waals surface area contributed by atoms with Crippen molar-refractivity contribution in [2.45, 2.75) is 13.1 Å². The Kier molecular flexibility index (Phi) is 15.3. The number of halogens is 2. The van der Waals surface area contributed by atoms with Crippen LogP contribution >= 0.6 is 31.9 Å². The van der Waals surface area contributed by atoms with Crippen LogP contribution in [0.4, 0.5) is 0 Å². The van der Waals surface area contributed by atoms with E-state index in [0.29, 0.717) is 51.9 Å². The summed E-state index contributed by atoms with van der Waals surface area (Å²) >= 11 is 7.52. The molecule has 26 heteroatoms. The Bertz CT molecular complexity index is 3600. The van der Waals surface area contributed by atoms with Gasteiger partial charge >= 0.3 is 87.6 Å². The highest BCUT2D eigenvalue weighted by Gasteiger charge is 2.84. The van der Waals surface area contributed by atoms with Crippen molar-refractivity contribution < 1.29 is 57.6 Å². The van der Waals surface area contributed by atoms with E-state index in [-0.39, 0.29) is 0 Å². The maximum absolute atomic E-state index is 8.65. The molecule has 0 spiro atoms. The molecule has 14 nitrogen and oxygen atoms in total. The van der Waals surface area contributed by atoms with Crippen LogP contribution in [0.3, 0.4) is 0 Å². The summed E-state index contributed by atoms with van der Waals surface area (Å²) in [6.45, 7) is 3.98. The van der Waals surface area contributed by atoms with E-state index in [0.717, 1.165) is 8.95 Å². The molecule has 440 valence electrons. The number of hydrogen-bond donors (Lipinski definition) is 0. The largest absolute Gasteiger partial charge is 0.515 e. The quantitative estimate of drug-likeness (QED) is 0.138. The minimum atomic E-state index is -5.27. The maximum atomic E-state index is 8.65. The topological polar surface area (TPSA) is 129 Å². The van der Waals surface area contributed by atoms with Crippen LogP contribution in [0.1, 0.15) is 0 Å². The number of benzene rings is 10. The lowest BCUT2D eigenvalue weighted by molar-refractivity contribution is 0.0274. The van der Waals surface area contributed by atoms with Crippen molar-refractivity contribution in [3.8, 4) is 0 Å². The third kappa shape index (κ3) is 10.4. The summed E-state index contributed by atoms with van der Waals surface area (Å²) in [7, 11) is -50.4. The van der Waals surface area contributed by atoms with Gasteiger partial charge in [-0.1, -0.05) is 299 Å². The molecule has 0 N–H and O–H groups in total. The SMILES string of the molecule is C[Si]1(c2ccc(Br)cc2)O[Si]2(c3ccccc3)O[Si]3(c4ccccc4)O[Si]4(c5ccccc5)O[Si](C)(c5ccc(Br)cc5)O[Si]5(c6ccccc6)O[Si](c6ccccc6)(O[Si](c6ccccc6)(O1)O[Si](c1ccccc1)(O5)O[Si](c1ccccc1)(O2)O4)O3. The zero-order valence-electron chi connectivity index (χ0n) is 47.2. The average molecular weight is 1460 g/mol. The second kappa shape index (κ2) is 22.9. The normalized spacial score (nSPS) is 32.6. The van der Waals surface area contributed by atoms with Crippen LogP contribution in [-0.4, -0.2) is 87.6 Å². The van der Waals surface area contributed by atoms with Gasteiger partial charge in [-0.05, 0) is 47.7 Å². The Morgan fingerprint density at radius 2 is 0.307 bits per heavy atom. The maximum Gasteiger partial charge on any atom is 0.515 e. The van der Waals surface area contributed by atoms with Crippen molar-refractivity contribution >= 4 is 171 Å². The summed E-state index contributed by atoms with van der Waals surface area (Å²) in [5.74, 6) is 0. The van der Waals surface area contributed by atoms with E-state index in [4.69, 9.17) is 57.6 Å². The zero-order valence-corrected chi connectivity index (χ0v) is 60.4. The third-order valence-corrected chi connectivity index (χ3v) is 59.9. The molecule has 0 saturated carbocycles. The first kappa shape index (κ1) is 59.1. The van der Waals surface area contributed by atoms with E-state index in [2.05, 4.69) is 31.9 Å². The lowest BCUT2D eigenvalue weighted by Gasteiger charge is -2.60.